The van der Waals surface area contributed by atoms with Crippen molar-refractivity contribution in [2.45, 2.75) is 19.3 Å². The Hall–Kier alpha value is -2.43. The van der Waals surface area contributed by atoms with E-state index in [1.165, 1.54) is 0 Å². The summed E-state index contributed by atoms with van der Waals surface area (Å²) in [5.41, 5.74) is 0.892. The van der Waals surface area contributed by atoms with Gasteiger partial charge >= 0.3 is 5.97 Å². The topological polar surface area (TPSA) is 57.9 Å². The van der Waals surface area contributed by atoms with E-state index in [9.17, 15) is 4.79 Å². The van der Waals surface area contributed by atoms with Gasteiger partial charge in [0.25, 0.3) is 0 Å². The molecule has 0 saturated heterocycles. The van der Waals surface area contributed by atoms with E-state index in [1.54, 1.807) is 6.07 Å². The Morgan fingerprint density at radius 2 is 1.90 bits per heavy atom. The van der Waals surface area contributed by atoms with Gasteiger partial charge in [-0.1, -0.05) is 0 Å². The van der Waals surface area contributed by atoms with Gasteiger partial charge in [-0.3, -0.25) is 4.79 Å². The van der Waals surface area contributed by atoms with Crippen molar-refractivity contribution >= 4 is 5.97 Å². The van der Waals surface area contributed by atoms with E-state index in [-0.39, 0.29) is 25.1 Å². The van der Waals surface area contributed by atoms with E-state index in [2.05, 4.69) is 0 Å². The summed E-state index contributed by atoms with van der Waals surface area (Å²) in [4.78, 5) is 11.8. The number of fused-ring (bicyclic) bond motifs is 2. The minimum Gasteiger partial charge on any atom is -0.466 e. The molecule has 20 heavy (non-hydrogen) atoms. The van der Waals surface area contributed by atoms with Gasteiger partial charge in [0, 0.05) is 11.6 Å². The van der Waals surface area contributed by atoms with Gasteiger partial charge in [0.2, 0.25) is 6.79 Å². The van der Waals surface area contributed by atoms with E-state index in [4.69, 9.17) is 18.6 Å². The first kappa shape index (κ1) is 11.4. The highest BCUT2D eigenvalue weighted by atomic mass is 16.7. The van der Waals surface area contributed by atoms with E-state index in [0.29, 0.717) is 17.2 Å². The van der Waals surface area contributed by atoms with Gasteiger partial charge in [-0.2, -0.15) is 0 Å². The van der Waals surface area contributed by atoms with Crippen LogP contribution in [0.15, 0.2) is 28.7 Å². The lowest BCUT2D eigenvalue weighted by molar-refractivity contribution is -0.135. The van der Waals surface area contributed by atoms with Gasteiger partial charge in [-0.15, -0.1) is 0 Å². The summed E-state index contributed by atoms with van der Waals surface area (Å²) in [5, 5.41) is 0. The van der Waals surface area contributed by atoms with Crippen LogP contribution in [0.5, 0.6) is 17.2 Å². The molecule has 0 radical (unpaired) electrons. The first-order chi connectivity index (χ1) is 9.70. The molecule has 1 atom stereocenters. The normalized spacial score (nSPS) is 19.6. The fourth-order valence-electron chi connectivity index (χ4n) is 2.64. The van der Waals surface area contributed by atoms with Crippen molar-refractivity contribution in [2.75, 3.05) is 6.79 Å². The number of hydrogen-bond donors (Lipinski definition) is 0. The number of furan rings is 1. The number of benzene rings is 1. The number of rotatable bonds is 1. The van der Waals surface area contributed by atoms with Crippen LogP contribution in [0.1, 0.15) is 29.4 Å². The van der Waals surface area contributed by atoms with Gasteiger partial charge in [-0.05, 0) is 25.1 Å². The van der Waals surface area contributed by atoms with Crippen molar-refractivity contribution in [1.82, 2.24) is 0 Å². The molecule has 0 spiro atoms. The molecule has 0 N–H and O–H groups in total. The summed E-state index contributed by atoms with van der Waals surface area (Å²) in [6, 6.07) is 7.36. The van der Waals surface area contributed by atoms with Crippen LogP contribution in [0.2, 0.25) is 0 Å². The zero-order valence-electron chi connectivity index (χ0n) is 10.8. The van der Waals surface area contributed by atoms with Crippen LogP contribution in [0.4, 0.5) is 0 Å². The molecule has 2 aliphatic rings. The van der Waals surface area contributed by atoms with Gasteiger partial charge in [0.05, 0.1) is 12.3 Å². The molecule has 0 unspecified atom stereocenters. The highest BCUT2D eigenvalue weighted by Crippen LogP contribution is 2.46. The molecule has 2 aromatic rings. The van der Waals surface area contributed by atoms with Gasteiger partial charge in [0.15, 0.2) is 11.5 Å². The first-order valence-corrected chi connectivity index (χ1v) is 6.41. The first-order valence-electron chi connectivity index (χ1n) is 6.41. The summed E-state index contributed by atoms with van der Waals surface area (Å²) in [6.07, 6.45) is 0.263. The van der Waals surface area contributed by atoms with Crippen LogP contribution < -0.4 is 14.2 Å². The lowest BCUT2D eigenvalue weighted by Gasteiger charge is -2.23. The van der Waals surface area contributed by atoms with Crippen molar-refractivity contribution in [1.29, 1.82) is 0 Å². The fraction of sp³-hybridized carbons (Fsp3) is 0.267. The van der Waals surface area contributed by atoms with Crippen molar-refractivity contribution < 1.29 is 23.4 Å². The standard InChI is InChI=1S/C15H12O5/c1-8-2-3-11(19-8)10-5-15(16)20-12-6-14-13(4-9(10)12)17-7-18-14/h2-4,6,10H,5,7H2,1H3/t10-/m0/s1. The summed E-state index contributed by atoms with van der Waals surface area (Å²) in [5.74, 6) is 2.97. The summed E-state index contributed by atoms with van der Waals surface area (Å²) in [6.45, 7) is 2.07. The number of ether oxygens (including phenoxy) is 3. The molecule has 5 nitrogen and oxygen atoms in total. The molecule has 2 aliphatic heterocycles. The Balaban J connectivity index is 1.85. The van der Waals surface area contributed by atoms with Crippen LogP contribution >= 0.6 is 0 Å². The third-order valence-corrected chi connectivity index (χ3v) is 3.58. The van der Waals surface area contributed by atoms with Gasteiger partial charge in [-0.25, -0.2) is 0 Å². The third-order valence-electron chi connectivity index (χ3n) is 3.58. The second-order valence-corrected chi connectivity index (χ2v) is 4.92. The number of carbonyl (C=O) groups excluding carboxylic acids is 1. The second-order valence-electron chi connectivity index (χ2n) is 4.92. The molecule has 0 fully saturated rings. The zero-order chi connectivity index (χ0) is 13.7. The SMILES string of the molecule is Cc1ccc([C@H]2CC(=O)Oc3cc4c(cc32)OCO4)o1. The Morgan fingerprint density at radius 1 is 1.10 bits per heavy atom. The minimum absolute atomic E-state index is 0.144. The van der Waals surface area contributed by atoms with Gasteiger partial charge < -0.3 is 18.6 Å². The molecule has 0 bridgehead atoms. The molecule has 1 aromatic heterocycles. The Morgan fingerprint density at radius 3 is 2.65 bits per heavy atom. The minimum atomic E-state index is -0.268. The number of esters is 1. The quantitative estimate of drug-likeness (QED) is 0.590. The number of carbonyl (C=O) groups is 1. The maximum absolute atomic E-state index is 11.8. The summed E-state index contributed by atoms with van der Waals surface area (Å²) >= 11 is 0. The van der Waals surface area contributed by atoms with Crippen molar-refractivity contribution in [3.05, 3.63) is 41.3 Å². The smallest absolute Gasteiger partial charge is 0.312 e. The molecule has 0 aliphatic carbocycles. The highest BCUT2D eigenvalue weighted by Gasteiger charge is 2.33. The van der Waals surface area contributed by atoms with Crippen molar-refractivity contribution in [3.8, 4) is 17.2 Å². The third kappa shape index (κ3) is 1.66. The Labute approximate surface area is 115 Å². The van der Waals surface area contributed by atoms with Crippen molar-refractivity contribution in [2.24, 2.45) is 0 Å². The largest absolute Gasteiger partial charge is 0.466 e. The van der Waals surface area contributed by atoms with Crippen LogP contribution in [0.25, 0.3) is 0 Å². The second kappa shape index (κ2) is 4.03. The number of hydrogen-bond acceptors (Lipinski definition) is 5. The van der Waals surface area contributed by atoms with Crippen LogP contribution in [0, 0.1) is 6.92 Å². The molecular formula is C15H12O5. The summed E-state index contributed by atoms with van der Waals surface area (Å²) < 4.78 is 21.7. The molecule has 0 amide bonds. The average Bonchev–Trinajstić information content (AvgIpc) is 3.03. The molecule has 1 aromatic carbocycles. The van der Waals surface area contributed by atoms with Crippen LogP contribution in [-0.4, -0.2) is 12.8 Å². The maximum atomic E-state index is 11.8. The molecule has 4 rings (SSSR count). The van der Waals surface area contributed by atoms with E-state index in [1.807, 2.05) is 25.1 Å². The van der Waals surface area contributed by atoms with E-state index in [0.717, 1.165) is 17.1 Å². The molecule has 3 heterocycles. The average molecular weight is 272 g/mol. The van der Waals surface area contributed by atoms with Crippen LogP contribution in [-0.2, 0) is 4.79 Å². The van der Waals surface area contributed by atoms with E-state index >= 15 is 0 Å². The molecule has 0 saturated carbocycles. The zero-order valence-corrected chi connectivity index (χ0v) is 10.8. The van der Waals surface area contributed by atoms with Crippen LogP contribution in [0.3, 0.4) is 0 Å². The Kier molecular flexibility index (Phi) is 2.30. The monoisotopic (exact) mass is 272 g/mol. The fourth-order valence-corrected chi connectivity index (χ4v) is 2.64. The van der Waals surface area contributed by atoms with Crippen molar-refractivity contribution in [3.63, 3.8) is 0 Å². The lowest BCUT2D eigenvalue weighted by Crippen LogP contribution is -2.20. The predicted molar refractivity (Wildman–Crippen MR) is 68.1 cm³/mol. The highest BCUT2D eigenvalue weighted by molar-refractivity contribution is 5.78. The molecule has 102 valence electrons. The lowest BCUT2D eigenvalue weighted by atomic mass is 9.90. The summed E-state index contributed by atoms with van der Waals surface area (Å²) in [7, 11) is 0. The van der Waals surface area contributed by atoms with Gasteiger partial charge in [0.1, 0.15) is 17.3 Å². The number of aryl methyl sites for hydroxylation is 1. The predicted octanol–water partition coefficient (Wildman–Crippen LogP) is 2.76. The molecule has 5 heteroatoms. The molecular weight excluding hydrogens is 260 g/mol. The van der Waals surface area contributed by atoms with E-state index < -0.39 is 0 Å². The Bertz CT molecular complexity index is 700. The maximum Gasteiger partial charge on any atom is 0.312 e.